The van der Waals surface area contributed by atoms with Gasteiger partial charge in [0, 0.05) is 10.7 Å². The van der Waals surface area contributed by atoms with Crippen LogP contribution < -0.4 is 10.6 Å². The maximum Gasteiger partial charge on any atom is 0.196 e. The molecule has 1 aromatic carbocycles. The maximum atomic E-state index is 6.11. The summed E-state index contributed by atoms with van der Waals surface area (Å²) < 4.78 is 0. The van der Waals surface area contributed by atoms with Gasteiger partial charge in [-0.05, 0) is 43.4 Å². The number of aliphatic imine (C=N–C) groups is 1. The Morgan fingerprint density at radius 2 is 2.28 bits per heavy atom. The van der Waals surface area contributed by atoms with Crippen molar-refractivity contribution in [2.24, 2.45) is 16.6 Å². The molecule has 1 heterocycles. The first-order valence-electron chi connectivity index (χ1n) is 6.53. The van der Waals surface area contributed by atoms with Crippen molar-refractivity contribution in [2.45, 2.75) is 31.7 Å². The first kappa shape index (κ1) is 11.8. The smallest absolute Gasteiger partial charge is 0.196 e. The summed E-state index contributed by atoms with van der Waals surface area (Å²) in [5.74, 6) is 1.34. The zero-order valence-corrected chi connectivity index (χ0v) is 11.3. The lowest BCUT2D eigenvalue weighted by Crippen LogP contribution is -2.53. The fourth-order valence-corrected chi connectivity index (χ4v) is 3.27. The van der Waals surface area contributed by atoms with Crippen LogP contribution in [-0.4, -0.2) is 18.0 Å². The van der Waals surface area contributed by atoms with E-state index in [4.69, 9.17) is 17.3 Å². The van der Waals surface area contributed by atoms with Gasteiger partial charge < -0.3 is 10.6 Å². The van der Waals surface area contributed by atoms with E-state index < -0.39 is 0 Å². The molecule has 1 aromatic rings. The predicted molar refractivity (Wildman–Crippen MR) is 76.2 cm³/mol. The Hall–Kier alpha value is -1.22. The molecule has 1 fully saturated rings. The molecule has 1 atom stereocenters. The molecule has 0 aromatic heterocycles. The number of hydrogen-bond acceptors (Lipinski definition) is 3. The lowest BCUT2D eigenvalue weighted by atomic mass is 9.88. The van der Waals surface area contributed by atoms with Gasteiger partial charge in [0.05, 0.1) is 12.1 Å². The summed E-state index contributed by atoms with van der Waals surface area (Å²) in [5, 5.41) is 0.744. The Balaban J connectivity index is 2.03. The van der Waals surface area contributed by atoms with Gasteiger partial charge in [0.1, 0.15) is 0 Å². The molecule has 2 N–H and O–H groups in total. The predicted octanol–water partition coefficient (Wildman–Crippen LogP) is 3.03. The lowest BCUT2D eigenvalue weighted by molar-refractivity contribution is 0.386. The number of hydrogen-bond donors (Lipinski definition) is 1. The molecule has 1 aliphatic carbocycles. The topological polar surface area (TPSA) is 41.6 Å². The molecule has 4 heteroatoms. The van der Waals surface area contributed by atoms with Crippen molar-refractivity contribution in [3.05, 3.63) is 29.3 Å². The first-order valence-corrected chi connectivity index (χ1v) is 6.91. The van der Waals surface area contributed by atoms with Crippen molar-refractivity contribution in [3.63, 3.8) is 0 Å². The van der Waals surface area contributed by atoms with E-state index in [-0.39, 0.29) is 5.54 Å². The Morgan fingerprint density at radius 1 is 1.50 bits per heavy atom. The average molecular weight is 264 g/mol. The SMILES string of the molecule is CCC1(C2CC2)CN=C(N)N1c1cccc(Cl)c1. The number of nitrogens with zero attached hydrogens (tertiary/aromatic N) is 2. The first-order chi connectivity index (χ1) is 8.67. The molecule has 0 radical (unpaired) electrons. The molecule has 0 amide bonds. The van der Waals surface area contributed by atoms with Crippen LogP contribution in [0.5, 0.6) is 0 Å². The second kappa shape index (κ2) is 4.16. The van der Waals surface area contributed by atoms with E-state index >= 15 is 0 Å². The molecular formula is C14H18ClN3. The molecule has 0 bridgehead atoms. The molecular weight excluding hydrogens is 246 g/mol. The van der Waals surface area contributed by atoms with Gasteiger partial charge in [0.25, 0.3) is 0 Å². The largest absolute Gasteiger partial charge is 0.369 e. The minimum atomic E-state index is 0.0781. The van der Waals surface area contributed by atoms with Crippen molar-refractivity contribution in [2.75, 3.05) is 11.4 Å². The third kappa shape index (κ3) is 1.69. The van der Waals surface area contributed by atoms with Crippen molar-refractivity contribution < 1.29 is 0 Å². The van der Waals surface area contributed by atoms with E-state index in [2.05, 4.69) is 22.9 Å². The second-order valence-corrected chi connectivity index (χ2v) is 5.66. The minimum absolute atomic E-state index is 0.0781. The van der Waals surface area contributed by atoms with Crippen molar-refractivity contribution in [1.82, 2.24) is 0 Å². The molecule has 3 nitrogen and oxygen atoms in total. The number of rotatable bonds is 3. The number of nitrogens with two attached hydrogens (primary N) is 1. The quantitative estimate of drug-likeness (QED) is 0.911. The highest BCUT2D eigenvalue weighted by molar-refractivity contribution is 6.31. The van der Waals surface area contributed by atoms with Crippen molar-refractivity contribution >= 4 is 23.2 Å². The van der Waals surface area contributed by atoms with Crippen LogP contribution >= 0.6 is 11.6 Å². The Morgan fingerprint density at radius 3 is 2.89 bits per heavy atom. The fourth-order valence-electron chi connectivity index (χ4n) is 3.08. The van der Waals surface area contributed by atoms with Crippen LogP contribution in [-0.2, 0) is 0 Å². The molecule has 18 heavy (non-hydrogen) atoms. The molecule has 0 spiro atoms. The summed E-state index contributed by atoms with van der Waals surface area (Å²) in [6.45, 7) is 3.04. The van der Waals surface area contributed by atoms with E-state index in [1.807, 2.05) is 18.2 Å². The van der Waals surface area contributed by atoms with Crippen LogP contribution in [0.25, 0.3) is 0 Å². The summed E-state index contributed by atoms with van der Waals surface area (Å²) >= 11 is 6.10. The monoisotopic (exact) mass is 263 g/mol. The lowest BCUT2D eigenvalue weighted by Gasteiger charge is -2.39. The Labute approximate surface area is 113 Å². The third-order valence-electron chi connectivity index (χ3n) is 4.21. The molecule has 0 saturated heterocycles. The standard InChI is InChI=1S/C14H18ClN3/c1-2-14(10-6-7-10)9-17-13(16)18(14)12-5-3-4-11(15)8-12/h3-5,8,10H,2,6-7,9H2,1H3,(H2,16,17). The van der Waals surface area contributed by atoms with Gasteiger partial charge in [-0.25, -0.2) is 0 Å². The van der Waals surface area contributed by atoms with Gasteiger partial charge in [-0.15, -0.1) is 0 Å². The zero-order chi connectivity index (χ0) is 12.8. The normalized spacial score (nSPS) is 27.4. The number of anilines is 1. The molecule has 1 saturated carbocycles. The molecule has 96 valence electrons. The maximum absolute atomic E-state index is 6.11. The molecule has 3 rings (SSSR count). The van der Waals surface area contributed by atoms with E-state index in [0.717, 1.165) is 23.7 Å². The molecule has 1 aliphatic heterocycles. The van der Waals surface area contributed by atoms with Crippen molar-refractivity contribution in [3.8, 4) is 0 Å². The van der Waals surface area contributed by atoms with Gasteiger partial charge in [-0.2, -0.15) is 0 Å². The van der Waals surface area contributed by atoms with Crippen LogP contribution in [0.1, 0.15) is 26.2 Å². The van der Waals surface area contributed by atoms with Gasteiger partial charge in [-0.3, -0.25) is 4.99 Å². The summed E-state index contributed by atoms with van der Waals surface area (Å²) in [6.07, 6.45) is 3.63. The third-order valence-corrected chi connectivity index (χ3v) is 4.44. The Kier molecular flexibility index (Phi) is 2.74. The highest BCUT2D eigenvalue weighted by Gasteiger charge is 2.52. The van der Waals surface area contributed by atoms with Gasteiger partial charge in [-0.1, -0.05) is 24.6 Å². The molecule has 1 unspecified atom stereocenters. The van der Waals surface area contributed by atoms with Gasteiger partial charge in [0.15, 0.2) is 5.96 Å². The van der Waals surface area contributed by atoms with Crippen LogP contribution in [0.3, 0.4) is 0 Å². The number of halogens is 1. The summed E-state index contributed by atoms with van der Waals surface area (Å²) in [5.41, 5.74) is 7.25. The van der Waals surface area contributed by atoms with Crippen LogP contribution in [0.15, 0.2) is 29.3 Å². The van der Waals surface area contributed by atoms with Crippen molar-refractivity contribution in [1.29, 1.82) is 0 Å². The Bertz CT molecular complexity index is 496. The zero-order valence-electron chi connectivity index (χ0n) is 10.6. The van der Waals surface area contributed by atoms with Crippen LogP contribution in [0.2, 0.25) is 5.02 Å². The minimum Gasteiger partial charge on any atom is -0.369 e. The summed E-state index contributed by atoms with van der Waals surface area (Å²) in [7, 11) is 0. The number of guanidine groups is 1. The van der Waals surface area contributed by atoms with Gasteiger partial charge in [0.2, 0.25) is 0 Å². The number of benzene rings is 1. The van der Waals surface area contributed by atoms with Gasteiger partial charge >= 0.3 is 0 Å². The second-order valence-electron chi connectivity index (χ2n) is 5.22. The highest BCUT2D eigenvalue weighted by atomic mass is 35.5. The van der Waals surface area contributed by atoms with E-state index in [1.165, 1.54) is 12.8 Å². The summed E-state index contributed by atoms with van der Waals surface area (Å²) in [6, 6.07) is 7.89. The van der Waals surface area contributed by atoms with Crippen LogP contribution in [0.4, 0.5) is 5.69 Å². The van der Waals surface area contributed by atoms with E-state index in [9.17, 15) is 0 Å². The van der Waals surface area contributed by atoms with Crippen LogP contribution in [0, 0.1) is 5.92 Å². The highest BCUT2D eigenvalue weighted by Crippen LogP contribution is 2.48. The van der Waals surface area contributed by atoms with E-state index in [1.54, 1.807) is 0 Å². The van der Waals surface area contributed by atoms with E-state index in [0.29, 0.717) is 11.9 Å². The average Bonchev–Trinajstić information content (AvgIpc) is 3.14. The summed E-state index contributed by atoms with van der Waals surface area (Å²) in [4.78, 5) is 6.69. The fraction of sp³-hybridized carbons (Fsp3) is 0.500. The molecule has 2 aliphatic rings.